The molecule has 0 bridgehead atoms. The second kappa shape index (κ2) is 3.42. The van der Waals surface area contributed by atoms with E-state index in [1.165, 1.54) is 24.3 Å². The van der Waals surface area contributed by atoms with Gasteiger partial charge in [-0.05, 0) is 31.5 Å². The van der Waals surface area contributed by atoms with Crippen LogP contribution in [-0.2, 0) is 0 Å². The first kappa shape index (κ1) is 10.1. The molecule has 72 valence electrons. The van der Waals surface area contributed by atoms with E-state index in [1.807, 2.05) is 0 Å². The lowest BCUT2D eigenvalue weighted by molar-refractivity contribution is 0.223. The molecule has 3 heteroatoms. The van der Waals surface area contributed by atoms with Crippen LogP contribution < -0.4 is 5.73 Å². The third kappa shape index (κ3) is 2.49. The average molecular weight is 185 g/mol. The topological polar surface area (TPSA) is 26.0 Å². The maximum atomic E-state index is 13.5. The highest BCUT2D eigenvalue weighted by atomic mass is 19.1. The number of benzene rings is 1. The maximum Gasteiger partial charge on any atom is 0.142 e. The van der Waals surface area contributed by atoms with Gasteiger partial charge in [0.1, 0.15) is 12.0 Å². The predicted molar refractivity (Wildman–Crippen MR) is 48.5 cm³/mol. The minimum atomic E-state index is -1.27. The maximum absolute atomic E-state index is 13.5. The Morgan fingerprint density at radius 1 is 1.23 bits per heavy atom. The summed E-state index contributed by atoms with van der Waals surface area (Å²) in [4.78, 5) is 0. The quantitative estimate of drug-likeness (QED) is 0.752. The fraction of sp³-hybridized carbons (Fsp3) is 0.400. The van der Waals surface area contributed by atoms with Gasteiger partial charge in [-0.3, -0.25) is 0 Å². The van der Waals surface area contributed by atoms with Crippen LogP contribution in [0.2, 0.25) is 0 Å². The van der Waals surface area contributed by atoms with Gasteiger partial charge in [0.2, 0.25) is 0 Å². The molecule has 0 aliphatic heterocycles. The van der Waals surface area contributed by atoms with Crippen molar-refractivity contribution in [3.63, 3.8) is 0 Å². The van der Waals surface area contributed by atoms with Gasteiger partial charge in [-0.2, -0.15) is 0 Å². The van der Waals surface area contributed by atoms with E-state index in [1.54, 1.807) is 13.8 Å². The summed E-state index contributed by atoms with van der Waals surface area (Å²) < 4.78 is 26.0. The first-order chi connectivity index (χ1) is 5.91. The summed E-state index contributed by atoms with van der Waals surface area (Å²) in [5.74, 6) is -0.370. The first-order valence-electron chi connectivity index (χ1n) is 4.09. The van der Waals surface area contributed by atoms with Crippen LogP contribution in [0.1, 0.15) is 25.6 Å². The van der Waals surface area contributed by atoms with E-state index >= 15 is 0 Å². The highest BCUT2D eigenvalue weighted by molar-refractivity contribution is 5.21. The van der Waals surface area contributed by atoms with Crippen LogP contribution >= 0.6 is 0 Å². The number of rotatable bonds is 2. The van der Waals surface area contributed by atoms with Gasteiger partial charge in [0, 0.05) is 5.54 Å². The summed E-state index contributed by atoms with van der Waals surface area (Å²) in [5.41, 5.74) is 5.06. The highest BCUT2D eigenvalue weighted by Crippen LogP contribution is 2.27. The zero-order chi connectivity index (χ0) is 10.1. The molecule has 13 heavy (non-hydrogen) atoms. The van der Waals surface area contributed by atoms with Crippen LogP contribution in [0, 0.1) is 5.82 Å². The van der Waals surface area contributed by atoms with Crippen molar-refractivity contribution in [3.8, 4) is 0 Å². The molecular formula is C10H13F2N. The largest absolute Gasteiger partial charge is 0.323 e. The summed E-state index contributed by atoms with van der Waals surface area (Å²) in [7, 11) is 0. The molecule has 0 amide bonds. The zero-order valence-electron chi connectivity index (χ0n) is 7.72. The molecule has 1 aromatic rings. The molecule has 0 aliphatic rings. The van der Waals surface area contributed by atoms with Gasteiger partial charge in [0.15, 0.2) is 0 Å². The summed E-state index contributed by atoms with van der Waals surface area (Å²) in [6.45, 7) is 3.20. The van der Waals surface area contributed by atoms with E-state index < -0.39 is 11.7 Å². The van der Waals surface area contributed by atoms with Gasteiger partial charge in [-0.1, -0.05) is 12.1 Å². The Bertz CT molecular complexity index is 274. The van der Waals surface area contributed by atoms with E-state index in [0.717, 1.165) is 0 Å². The van der Waals surface area contributed by atoms with Crippen molar-refractivity contribution < 1.29 is 8.78 Å². The van der Waals surface area contributed by atoms with Crippen molar-refractivity contribution in [3.05, 3.63) is 35.6 Å². The molecule has 0 saturated carbocycles. The molecular weight excluding hydrogens is 172 g/mol. The minimum absolute atomic E-state index is 0.370. The number of hydrogen-bond donors (Lipinski definition) is 1. The Labute approximate surface area is 76.6 Å². The molecule has 0 aromatic heterocycles. The average Bonchev–Trinajstić information content (AvgIpc) is 2.03. The van der Waals surface area contributed by atoms with Gasteiger partial charge >= 0.3 is 0 Å². The lowest BCUT2D eigenvalue weighted by Crippen LogP contribution is -2.37. The van der Waals surface area contributed by atoms with Crippen LogP contribution in [0.3, 0.4) is 0 Å². The molecule has 1 aromatic carbocycles. The number of hydrogen-bond acceptors (Lipinski definition) is 1. The Balaban J connectivity index is 2.90. The van der Waals surface area contributed by atoms with E-state index in [4.69, 9.17) is 5.73 Å². The van der Waals surface area contributed by atoms with Crippen LogP contribution in [0.5, 0.6) is 0 Å². The van der Waals surface area contributed by atoms with Crippen molar-refractivity contribution in [2.75, 3.05) is 0 Å². The van der Waals surface area contributed by atoms with Crippen LogP contribution in [0.25, 0.3) is 0 Å². The molecule has 0 spiro atoms. The molecule has 1 atom stereocenters. The Morgan fingerprint density at radius 3 is 2.08 bits per heavy atom. The third-order valence-electron chi connectivity index (χ3n) is 1.82. The van der Waals surface area contributed by atoms with E-state index in [2.05, 4.69) is 0 Å². The monoisotopic (exact) mass is 185 g/mol. The van der Waals surface area contributed by atoms with Gasteiger partial charge in [0.05, 0.1) is 0 Å². The fourth-order valence-corrected chi connectivity index (χ4v) is 1.06. The van der Waals surface area contributed by atoms with Crippen molar-refractivity contribution in [2.24, 2.45) is 5.73 Å². The second-order valence-corrected chi connectivity index (χ2v) is 3.74. The first-order valence-corrected chi connectivity index (χ1v) is 4.09. The summed E-state index contributed by atoms with van der Waals surface area (Å²) >= 11 is 0. The fourth-order valence-electron chi connectivity index (χ4n) is 1.06. The molecule has 1 rings (SSSR count). The molecule has 1 nitrogen and oxygen atoms in total. The van der Waals surface area contributed by atoms with Crippen LogP contribution in [-0.4, -0.2) is 5.54 Å². The van der Waals surface area contributed by atoms with Crippen molar-refractivity contribution in [1.82, 2.24) is 0 Å². The summed E-state index contributed by atoms with van der Waals surface area (Å²) in [6.07, 6.45) is -1.27. The smallest absolute Gasteiger partial charge is 0.142 e. The van der Waals surface area contributed by atoms with Crippen molar-refractivity contribution in [1.29, 1.82) is 0 Å². The van der Waals surface area contributed by atoms with E-state index in [0.29, 0.717) is 5.56 Å². The van der Waals surface area contributed by atoms with E-state index in [-0.39, 0.29) is 5.82 Å². The minimum Gasteiger partial charge on any atom is -0.323 e. The Kier molecular flexibility index (Phi) is 2.66. The SMILES string of the molecule is CC(C)(N)C(F)c1ccc(F)cc1. The zero-order valence-corrected chi connectivity index (χ0v) is 7.72. The standard InChI is InChI=1S/C10H13F2N/c1-10(2,13)9(12)7-3-5-8(11)6-4-7/h3-6,9H,13H2,1-2H3. The molecule has 2 N–H and O–H groups in total. The van der Waals surface area contributed by atoms with Crippen molar-refractivity contribution in [2.45, 2.75) is 25.6 Å². The van der Waals surface area contributed by atoms with Crippen LogP contribution in [0.15, 0.2) is 24.3 Å². The lowest BCUT2D eigenvalue weighted by Gasteiger charge is -2.23. The second-order valence-electron chi connectivity index (χ2n) is 3.74. The Hall–Kier alpha value is -0.960. The van der Waals surface area contributed by atoms with E-state index in [9.17, 15) is 8.78 Å². The van der Waals surface area contributed by atoms with Gasteiger partial charge in [0.25, 0.3) is 0 Å². The summed E-state index contributed by atoms with van der Waals surface area (Å²) in [6, 6.07) is 5.28. The van der Waals surface area contributed by atoms with Gasteiger partial charge in [-0.25, -0.2) is 8.78 Å². The van der Waals surface area contributed by atoms with Gasteiger partial charge < -0.3 is 5.73 Å². The Morgan fingerprint density at radius 2 is 1.69 bits per heavy atom. The normalized spacial score (nSPS) is 14.2. The predicted octanol–water partition coefficient (Wildman–Crippen LogP) is 2.57. The molecule has 0 radical (unpaired) electrons. The lowest BCUT2D eigenvalue weighted by atomic mass is 9.94. The number of halogens is 2. The van der Waals surface area contributed by atoms with Crippen molar-refractivity contribution >= 4 is 0 Å². The third-order valence-corrected chi connectivity index (χ3v) is 1.82. The summed E-state index contributed by atoms with van der Waals surface area (Å²) in [5, 5.41) is 0. The van der Waals surface area contributed by atoms with Crippen LogP contribution in [0.4, 0.5) is 8.78 Å². The molecule has 0 fully saturated rings. The molecule has 0 heterocycles. The molecule has 0 aliphatic carbocycles. The number of alkyl halides is 1. The number of nitrogens with two attached hydrogens (primary N) is 1. The van der Waals surface area contributed by atoms with Gasteiger partial charge in [-0.15, -0.1) is 0 Å². The molecule has 0 saturated heterocycles. The molecule has 1 unspecified atom stereocenters. The highest BCUT2D eigenvalue weighted by Gasteiger charge is 2.26.